The van der Waals surface area contributed by atoms with E-state index in [4.69, 9.17) is 4.42 Å². The largest absolute Gasteiger partial charge is 0.438 e. The molecule has 0 bridgehead atoms. The Labute approximate surface area is 165 Å². The highest BCUT2D eigenvalue weighted by Gasteiger charge is 2.32. The number of nitrogens with zero attached hydrogens (tertiary/aromatic N) is 2. The fraction of sp³-hybridized carbons (Fsp3) is 0.450. The number of rotatable bonds is 5. The third-order valence-electron chi connectivity index (χ3n) is 5.32. The van der Waals surface area contributed by atoms with E-state index in [9.17, 15) is 13.2 Å². The second kappa shape index (κ2) is 7.97. The number of anilines is 1. The van der Waals surface area contributed by atoms with Gasteiger partial charge in [-0.1, -0.05) is 24.6 Å². The maximum atomic E-state index is 12.8. The van der Waals surface area contributed by atoms with E-state index in [1.54, 1.807) is 4.90 Å². The van der Waals surface area contributed by atoms with Crippen LogP contribution in [0.1, 0.15) is 36.2 Å². The SMILES string of the molecule is O=C(c1ccc(S(=O)(=O)N2CCCCC2)o1)N1CCC(Nc2ccccc2)C1. The van der Waals surface area contributed by atoms with Crippen LogP contribution in [0.2, 0.25) is 0 Å². The number of amides is 1. The first-order chi connectivity index (χ1) is 13.5. The fourth-order valence-corrected chi connectivity index (χ4v) is 5.22. The number of hydrogen-bond acceptors (Lipinski definition) is 5. The molecule has 8 heteroatoms. The van der Waals surface area contributed by atoms with Gasteiger partial charge in [-0.3, -0.25) is 4.79 Å². The average molecular weight is 404 g/mol. The van der Waals surface area contributed by atoms with Crippen molar-refractivity contribution >= 4 is 21.6 Å². The lowest BCUT2D eigenvalue weighted by Gasteiger charge is -2.24. The summed E-state index contributed by atoms with van der Waals surface area (Å²) >= 11 is 0. The molecule has 3 heterocycles. The van der Waals surface area contributed by atoms with Gasteiger partial charge in [0.05, 0.1) is 0 Å². The molecular weight excluding hydrogens is 378 g/mol. The molecule has 1 atom stereocenters. The van der Waals surface area contributed by atoms with Crippen LogP contribution in [0, 0.1) is 0 Å². The van der Waals surface area contributed by atoms with Gasteiger partial charge in [-0.05, 0) is 43.5 Å². The molecular formula is C20H25N3O4S. The van der Waals surface area contributed by atoms with Crippen LogP contribution in [0.4, 0.5) is 5.69 Å². The molecule has 2 fully saturated rings. The summed E-state index contributed by atoms with van der Waals surface area (Å²) in [6, 6.07) is 12.9. The maximum absolute atomic E-state index is 12.8. The minimum Gasteiger partial charge on any atom is -0.438 e. The molecule has 2 aliphatic heterocycles. The number of carbonyl (C=O) groups is 1. The standard InChI is InChI=1S/C20H25N3O4S/c24-20(22-14-11-17(15-22)21-16-7-3-1-4-8-16)18-9-10-19(27-18)28(25,26)23-12-5-2-6-13-23/h1,3-4,7-10,17,21H,2,5-6,11-15H2. The lowest BCUT2D eigenvalue weighted by atomic mass is 10.2. The van der Waals surface area contributed by atoms with E-state index < -0.39 is 10.0 Å². The zero-order chi connectivity index (χ0) is 19.6. The molecule has 2 aromatic rings. The molecule has 2 aliphatic rings. The van der Waals surface area contributed by atoms with Gasteiger partial charge in [0.15, 0.2) is 5.76 Å². The predicted octanol–water partition coefficient (Wildman–Crippen LogP) is 2.78. The summed E-state index contributed by atoms with van der Waals surface area (Å²) in [5, 5.41) is 3.28. The van der Waals surface area contributed by atoms with Crippen molar-refractivity contribution in [1.29, 1.82) is 0 Å². The van der Waals surface area contributed by atoms with Crippen LogP contribution in [0.3, 0.4) is 0 Å². The molecule has 2 saturated heterocycles. The van der Waals surface area contributed by atoms with E-state index in [1.807, 2.05) is 30.3 Å². The Hall–Kier alpha value is -2.32. The normalized spacial score (nSPS) is 21.0. The fourth-order valence-electron chi connectivity index (χ4n) is 3.79. The summed E-state index contributed by atoms with van der Waals surface area (Å²) in [5.41, 5.74) is 1.02. The van der Waals surface area contributed by atoms with Gasteiger partial charge in [0.1, 0.15) is 0 Å². The van der Waals surface area contributed by atoms with Gasteiger partial charge >= 0.3 is 0 Å². The van der Waals surface area contributed by atoms with Crippen LogP contribution in [0.5, 0.6) is 0 Å². The Kier molecular flexibility index (Phi) is 5.41. The average Bonchev–Trinajstić information content (AvgIpc) is 3.39. The van der Waals surface area contributed by atoms with Crippen molar-refractivity contribution in [3.8, 4) is 0 Å². The van der Waals surface area contributed by atoms with Gasteiger partial charge < -0.3 is 14.6 Å². The molecule has 4 rings (SSSR count). The van der Waals surface area contributed by atoms with E-state index in [2.05, 4.69) is 5.32 Å². The summed E-state index contributed by atoms with van der Waals surface area (Å²) in [6.45, 7) is 2.18. The molecule has 1 aromatic carbocycles. The van der Waals surface area contributed by atoms with Gasteiger partial charge in [0.2, 0.25) is 5.09 Å². The van der Waals surface area contributed by atoms with Gasteiger partial charge in [0, 0.05) is 37.9 Å². The number of hydrogen-bond donors (Lipinski definition) is 1. The second-order valence-corrected chi connectivity index (χ2v) is 9.20. The van der Waals surface area contributed by atoms with Gasteiger partial charge in [0.25, 0.3) is 15.9 Å². The molecule has 1 aromatic heterocycles. The van der Waals surface area contributed by atoms with Crippen LogP contribution in [-0.4, -0.2) is 55.8 Å². The molecule has 0 saturated carbocycles. The van der Waals surface area contributed by atoms with E-state index in [1.165, 1.54) is 16.4 Å². The summed E-state index contributed by atoms with van der Waals surface area (Å²) in [6.07, 6.45) is 3.59. The zero-order valence-corrected chi connectivity index (χ0v) is 16.5. The van der Waals surface area contributed by atoms with Crippen molar-refractivity contribution in [2.75, 3.05) is 31.5 Å². The van der Waals surface area contributed by atoms with E-state index in [-0.39, 0.29) is 22.8 Å². The summed E-state index contributed by atoms with van der Waals surface area (Å²) in [5.74, 6) is -0.187. The van der Waals surface area contributed by atoms with Crippen molar-refractivity contribution < 1.29 is 17.6 Å². The van der Waals surface area contributed by atoms with Crippen LogP contribution in [-0.2, 0) is 10.0 Å². The highest BCUT2D eigenvalue weighted by atomic mass is 32.2. The first-order valence-electron chi connectivity index (χ1n) is 9.75. The van der Waals surface area contributed by atoms with Crippen LogP contribution < -0.4 is 5.32 Å². The summed E-state index contributed by atoms with van der Waals surface area (Å²) in [4.78, 5) is 14.5. The quantitative estimate of drug-likeness (QED) is 0.830. The second-order valence-electron chi connectivity index (χ2n) is 7.33. The molecule has 150 valence electrons. The first kappa shape index (κ1) is 19.0. The molecule has 1 unspecified atom stereocenters. The summed E-state index contributed by atoms with van der Waals surface area (Å²) in [7, 11) is -3.67. The lowest BCUT2D eigenvalue weighted by molar-refractivity contribution is 0.0754. The Morgan fingerprint density at radius 1 is 1.00 bits per heavy atom. The molecule has 1 amide bonds. The topological polar surface area (TPSA) is 82.9 Å². The number of piperidine rings is 1. The van der Waals surface area contributed by atoms with E-state index in [0.717, 1.165) is 31.4 Å². The molecule has 0 spiro atoms. The molecule has 0 aliphatic carbocycles. The molecule has 1 N–H and O–H groups in total. The maximum Gasteiger partial charge on any atom is 0.289 e. The third-order valence-corrected chi connectivity index (χ3v) is 7.09. The van der Waals surface area contributed by atoms with E-state index >= 15 is 0 Å². The Morgan fingerprint density at radius 3 is 2.50 bits per heavy atom. The number of nitrogens with one attached hydrogen (secondary N) is 1. The highest BCUT2D eigenvalue weighted by molar-refractivity contribution is 7.89. The minimum atomic E-state index is -3.67. The number of benzene rings is 1. The molecule has 7 nitrogen and oxygen atoms in total. The Balaban J connectivity index is 1.40. The van der Waals surface area contributed by atoms with Gasteiger partial charge in [-0.15, -0.1) is 0 Å². The number of sulfonamides is 1. The minimum absolute atomic E-state index is 0.0796. The van der Waals surface area contributed by atoms with Crippen LogP contribution in [0.25, 0.3) is 0 Å². The first-order valence-corrected chi connectivity index (χ1v) is 11.2. The van der Waals surface area contributed by atoms with Crippen molar-refractivity contribution in [2.45, 2.75) is 36.8 Å². The van der Waals surface area contributed by atoms with Crippen molar-refractivity contribution in [3.05, 3.63) is 48.2 Å². The zero-order valence-electron chi connectivity index (χ0n) is 15.7. The van der Waals surface area contributed by atoms with Gasteiger partial charge in [-0.25, -0.2) is 8.42 Å². The predicted molar refractivity (Wildman–Crippen MR) is 106 cm³/mol. The van der Waals surface area contributed by atoms with Gasteiger partial charge in [-0.2, -0.15) is 4.31 Å². The highest BCUT2D eigenvalue weighted by Crippen LogP contribution is 2.24. The number of likely N-dealkylation sites (tertiary alicyclic amines) is 1. The molecule has 28 heavy (non-hydrogen) atoms. The van der Waals surface area contributed by atoms with Crippen LogP contribution in [0.15, 0.2) is 52.0 Å². The van der Waals surface area contributed by atoms with Crippen molar-refractivity contribution in [2.24, 2.45) is 0 Å². The summed E-state index contributed by atoms with van der Waals surface area (Å²) < 4.78 is 32.3. The smallest absolute Gasteiger partial charge is 0.289 e. The lowest BCUT2D eigenvalue weighted by Crippen LogP contribution is -2.35. The molecule has 0 radical (unpaired) electrons. The number of carbonyl (C=O) groups excluding carboxylic acids is 1. The monoisotopic (exact) mass is 403 g/mol. The van der Waals surface area contributed by atoms with Crippen molar-refractivity contribution in [1.82, 2.24) is 9.21 Å². The number of para-hydroxylation sites is 1. The van der Waals surface area contributed by atoms with E-state index in [0.29, 0.717) is 26.2 Å². The Morgan fingerprint density at radius 2 is 1.75 bits per heavy atom. The van der Waals surface area contributed by atoms with Crippen molar-refractivity contribution in [3.63, 3.8) is 0 Å². The number of furan rings is 1. The third kappa shape index (κ3) is 3.93. The van der Waals surface area contributed by atoms with Crippen LogP contribution >= 0.6 is 0 Å². The Bertz CT molecular complexity index is 920.